The number of unbranched alkanes of at least 4 members (excludes halogenated alkanes) is 2. The first kappa shape index (κ1) is 14.2. The van der Waals surface area contributed by atoms with Crippen LogP contribution in [-0.2, 0) is 19.1 Å². The molecule has 0 spiro atoms. The van der Waals surface area contributed by atoms with E-state index in [2.05, 4.69) is 4.74 Å². The van der Waals surface area contributed by atoms with Crippen LogP contribution in [0.4, 0.5) is 0 Å². The zero-order chi connectivity index (χ0) is 13.7. The van der Waals surface area contributed by atoms with Crippen LogP contribution >= 0.6 is 0 Å². The topological polar surface area (TPSA) is 80.7 Å². The summed E-state index contributed by atoms with van der Waals surface area (Å²) in [5.41, 5.74) is -0.126. The van der Waals surface area contributed by atoms with Gasteiger partial charge in [-0.3, -0.25) is 9.59 Å². The Bertz CT molecular complexity index is 442. The van der Waals surface area contributed by atoms with E-state index >= 15 is 0 Å². The second-order valence-electron chi connectivity index (χ2n) is 4.03. The number of carbonyl (C=O) groups excluding carboxylic acids is 3. The van der Waals surface area contributed by atoms with Crippen molar-refractivity contribution in [1.82, 2.24) is 0 Å². The van der Waals surface area contributed by atoms with Crippen LogP contribution in [0.1, 0.15) is 32.6 Å². The van der Waals surface area contributed by atoms with E-state index in [1.54, 1.807) is 0 Å². The molecule has 0 saturated carbocycles. The highest BCUT2D eigenvalue weighted by atomic mass is 16.5. The fourth-order valence-corrected chi connectivity index (χ4v) is 1.80. The van der Waals surface area contributed by atoms with Crippen LogP contribution in [0.3, 0.4) is 0 Å². The normalized spacial score (nSPS) is 15.8. The highest BCUT2D eigenvalue weighted by Gasteiger charge is 2.32. The minimum Gasteiger partial charge on any atom is -0.507 e. The summed E-state index contributed by atoms with van der Waals surface area (Å²) in [4.78, 5) is 34.6. The second-order valence-corrected chi connectivity index (χ2v) is 4.03. The number of esters is 1. The van der Waals surface area contributed by atoms with E-state index in [0.29, 0.717) is 12.8 Å². The molecule has 5 nitrogen and oxygen atoms in total. The maximum atomic E-state index is 11.7. The van der Waals surface area contributed by atoms with Crippen molar-refractivity contribution < 1.29 is 24.2 Å². The van der Waals surface area contributed by atoms with Crippen molar-refractivity contribution in [2.24, 2.45) is 0 Å². The van der Waals surface area contributed by atoms with E-state index in [-0.39, 0.29) is 11.1 Å². The van der Waals surface area contributed by atoms with Crippen LogP contribution in [-0.4, -0.2) is 29.8 Å². The molecule has 1 N–H and O–H groups in total. The van der Waals surface area contributed by atoms with E-state index in [9.17, 15) is 19.5 Å². The lowest BCUT2D eigenvalue weighted by Crippen LogP contribution is -2.25. The van der Waals surface area contributed by atoms with E-state index < -0.39 is 23.3 Å². The molecule has 0 atom stereocenters. The molecule has 0 unspecified atom stereocenters. The molecule has 5 heteroatoms. The molecule has 0 aromatic carbocycles. The summed E-state index contributed by atoms with van der Waals surface area (Å²) in [5.74, 6) is -2.81. The van der Waals surface area contributed by atoms with Crippen LogP contribution in [0.2, 0.25) is 0 Å². The summed E-state index contributed by atoms with van der Waals surface area (Å²) in [7, 11) is 1.16. The van der Waals surface area contributed by atoms with Gasteiger partial charge in [0.1, 0.15) is 11.3 Å². The number of hydrogen-bond acceptors (Lipinski definition) is 5. The minimum atomic E-state index is -0.799. The summed E-state index contributed by atoms with van der Waals surface area (Å²) in [6, 6.07) is 0. The Morgan fingerprint density at radius 1 is 1.33 bits per heavy atom. The lowest BCUT2D eigenvalue weighted by atomic mass is 9.90. The molecular weight excluding hydrogens is 236 g/mol. The molecule has 0 fully saturated rings. The maximum Gasteiger partial charge on any atom is 0.342 e. The summed E-state index contributed by atoms with van der Waals surface area (Å²) in [5, 5.41) is 9.61. The second kappa shape index (κ2) is 6.14. The standard InChI is InChI=1S/C13H16O5/c1-3-4-5-6-8-11(13(17)18-2)9(14)7-10(15)12(8)16/h7,14H,3-6H2,1-2H3. The molecule has 0 bridgehead atoms. The number of hydrogen-bond donors (Lipinski definition) is 1. The van der Waals surface area contributed by atoms with E-state index in [1.165, 1.54) is 0 Å². The molecule has 0 radical (unpaired) electrons. The Hall–Kier alpha value is -1.91. The van der Waals surface area contributed by atoms with Crippen LogP contribution in [0.15, 0.2) is 23.0 Å². The van der Waals surface area contributed by atoms with Crippen molar-refractivity contribution in [2.75, 3.05) is 7.11 Å². The van der Waals surface area contributed by atoms with Gasteiger partial charge in [0.15, 0.2) is 0 Å². The Balaban J connectivity index is 3.11. The lowest BCUT2D eigenvalue weighted by molar-refractivity contribution is -0.137. The molecule has 0 aromatic rings. The van der Waals surface area contributed by atoms with Gasteiger partial charge in [-0.2, -0.15) is 0 Å². The van der Waals surface area contributed by atoms with Crippen molar-refractivity contribution in [3.05, 3.63) is 23.0 Å². The number of carbonyl (C=O) groups is 3. The van der Waals surface area contributed by atoms with Crippen molar-refractivity contribution >= 4 is 17.5 Å². The van der Waals surface area contributed by atoms with Gasteiger partial charge in [-0.25, -0.2) is 4.79 Å². The van der Waals surface area contributed by atoms with Crippen molar-refractivity contribution in [3.63, 3.8) is 0 Å². The first-order valence-electron chi connectivity index (χ1n) is 5.84. The van der Waals surface area contributed by atoms with Crippen LogP contribution in [0.5, 0.6) is 0 Å². The molecular formula is C13H16O5. The van der Waals surface area contributed by atoms with Gasteiger partial charge >= 0.3 is 5.97 Å². The van der Waals surface area contributed by atoms with Crippen molar-refractivity contribution in [1.29, 1.82) is 0 Å². The lowest BCUT2D eigenvalue weighted by Gasteiger charge is -2.15. The predicted octanol–water partition coefficient (Wildman–Crippen LogP) is 1.63. The highest BCUT2D eigenvalue weighted by Crippen LogP contribution is 2.25. The third-order valence-corrected chi connectivity index (χ3v) is 2.74. The number of aliphatic hydroxyl groups is 1. The zero-order valence-electron chi connectivity index (χ0n) is 10.5. The number of rotatable bonds is 5. The van der Waals surface area contributed by atoms with Gasteiger partial charge in [0.2, 0.25) is 11.6 Å². The first-order chi connectivity index (χ1) is 8.52. The Kier molecular flexibility index (Phi) is 4.83. The molecule has 1 aliphatic rings. The van der Waals surface area contributed by atoms with E-state index in [0.717, 1.165) is 26.0 Å². The summed E-state index contributed by atoms with van der Waals surface area (Å²) >= 11 is 0. The summed E-state index contributed by atoms with van der Waals surface area (Å²) in [6.45, 7) is 2.00. The minimum absolute atomic E-state index is 0.0558. The first-order valence-corrected chi connectivity index (χ1v) is 5.84. The largest absolute Gasteiger partial charge is 0.507 e. The monoisotopic (exact) mass is 252 g/mol. The molecule has 1 aliphatic carbocycles. The van der Waals surface area contributed by atoms with E-state index in [4.69, 9.17) is 0 Å². The van der Waals surface area contributed by atoms with Crippen LogP contribution in [0, 0.1) is 0 Å². The number of allylic oxidation sites excluding steroid dienone is 2. The molecule has 0 saturated heterocycles. The smallest absolute Gasteiger partial charge is 0.342 e. The van der Waals surface area contributed by atoms with Gasteiger partial charge in [-0.05, 0) is 12.8 Å². The number of aliphatic hydroxyl groups excluding tert-OH is 1. The molecule has 0 aromatic heterocycles. The fourth-order valence-electron chi connectivity index (χ4n) is 1.80. The average Bonchev–Trinajstić information content (AvgIpc) is 2.34. The van der Waals surface area contributed by atoms with Gasteiger partial charge in [-0.15, -0.1) is 0 Å². The van der Waals surface area contributed by atoms with Gasteiger partial charge in [0.05, 0.1) is 7.11 Å². The van der Waals surface area contributed by atoms with Crippen molar-refractivity contribution in [2.45, 2.75) is 32.6 Å². The third-order valence-electron chi connectivity index (χ3n) is 2.74. The number of Topliss-reactive ketones (excluding diaryl/α,β-unsaturated/α-hetero) is 1. The molecule has 0 aliphatic heterocycles. The van der Waals surface area contributed by atoms with Crippen LogP contribution in [0.25, 0.3) is 0 Å². The van der Waals surface area contributed by atoms with Gasteiger partial charge < -0.3 is 9.84 Å². The highest BCUT2D eigenvalue weighted by molar-refractivity contribution is 6.49. The van der Waals surface area contributed by atoms with Crippen LogP contribution < -0.4 is 0 Å². The maximum absolute atomic E-state index is 11.7. The molecule has 1 rings (SSSR count). The fraction of sp³-hybridized carbons (Fsp3) is 0.462. The predicted molar refractivity (Wildman–Crippen MR) is 63.9 cm³/mol. The Morgan fingerprint density at radius 3 is 2.56 bits per heavy atom. The summed E-state index contributed by atoms with van der Waals surface area (Å²) in [6.07, 6.45) is 3.56. The molecule has 18 heavy (non-hydrogen) atoms. The molecule has 98 valence electrons. The van der Waals surface area contributed by atoms with Gasteiger partial charge in [0, 0.05) is 11.6 Å². The third kappa shape index (κ3) is 2.85. The van der Waals surface area contributed by atoms with Gasteiger partial charge in [0.25, 0.3) is 0 Å². The zero-order valence-corrected chi connectivity index (χ0v) is 10.5. The van der Waals surface area contributed by atoms with Gasteiger partial charge in [-0.1, -0.05) is 19.8 Å². The van der Waals surface area contributed by atoms with Crippen molar-refractivity contribution in [3.8, 4) is 0 Å². The molecule has 0 heterocycles. The SMILES string of the molecule is CCCCCC1=C(C(=O)OC)C(O)=CC(=O)C1=O. The number of methoxy groups -OCH3 is 1. The molecule has 0 amide bonds. The summed E-state index contributed by atoms with van der Waals surface area (Å²) < 4.78 is 4.52. The number of ketones is 2. The van der Waals surface area contributed by atoms with E-state index in [1.807, 2.05) is 6.92 Å². The Labute approximate surface area is 105 Å². The Morgan fingerprint density at radius 2 is 2.00 bits per heavy atom. The average molecular weight is 252 g/mol. The number of ether oxygens (including phenoxy) is 1. The quantitative estimate of drug-likeness (QED) is 0.348.